The van der Waals surface area contributed by atoms with Gasteiger partial charge in [0.1, 0.15) is 5.82 Å². The predicted octanol–water partition coefficient (Wildman–Crippen LogP) is 1.80. The fraction of sp³-hybridized carbons (Fsp3) is 0.250. The van der Waals surface area contributed by atoms with Crippen LogP contribution in [-0.4, -0.2) is 11.5 Å². The summed E-state index contributed by atoms with van der Waals surface area (Å²) in [7, 11) is 0. The second-order valence-electron chi connectivity index (χ2n) is 2.64. The van der Waals surface area contributed by atoms with Crippen LogP contribution in [0.5, 0.6) is 5.75 Å². The minimum absolute atomic E-state index is 0.420. The molecule has 1 rings (SSSR count). The molecule has 0 bridgehead atoms. The summed E-state index contributed by atoms with van der Waals surface area (Å²) in [4.78, 5) is 0. The first kappa shape index (κ1) is 11.6. The molecule has 3 N–H and O–H groups in total. The summed E-state index contributed by atoms with van der Waals surface area (Å²) in [5, 5.41) is 8.67. The number of anilines is 1. The van der Waals surface area contributed by atoms with Crippen molar-refractivity contribution < 1.29 is 27.4 Å². The van der Waals surface area contributed by atoms with Crippen LogP contribution in [0.4, 0.5) is 23.2 Å². The monoisotopic (exact) mass is 225 g/mol. The van der Waals surface area contributed by atoms with Crippen molar-refractivity contribution in [2.24, 2.45) is 0 Å². The van der Waals surface area contributed by atoms with Crippen LogP contribution in [-0.2, 0) is 6.61 Å². The molecule has 0 aromatic heterocycles. The fourth-order valence-corrected chi connectivity index (χ4v) is 0.991. The Kier molecular flexibility index (Phi) is 3.04. The Balaban J connectivity index is 3.11. The number of nitrogens with two attached hydrogens (primary N) is 1. The first-order valence-corrected chi connectivity index (χ1v) is 3.78. The third-order valence-corrected chi connectivity index (χ3v) is 1.64. The maximum atomic E-state index is 12.9. The van der Waals surface area contributed by atoms with Crippen LogP contribution in [0.3, 0.4) is 0 Å². The Morgan fingerprint density at radius 1 is 1.33 bits per heavy atom. The average Bonchev–Trinajstić information content (AvgIpc) is 2.09. The molecule has 3 nitrogen and oxygen atoms in total. The maximum Gasteiger partial charge on any atom is 0.573 e. The molecule has 0 saturated carbocycles. The fourth-order valence-electron chi connectivity index (χ4n) is 0.991. The minimum Gasteiger partial charge on any atom is -0.404 e. The molecule has 0 amide bonds. The summed E-state index contributed by atoms with van der Waals surface area (Å²) in [6.07, 6.45) is -4.90. The highest BCUT2D eigenvalue weighted by atomic mass is 19.4. The molecule has 0 unspecified atom stereocenters. The first-order valence-electron chi connectivity index (χ1n) is 3.78. The van der Waals surface area contributed by atoms with Crippen molar-refractivity contribution in [1.29, 1.82) is 0 Å². The van der Waals surface area contributed by atoms with Gasteiger partial charge in [-0.3, -0.25) is 0 Å². The third-order valence-electron chi connectivity index (χ3n) is 1.64. The lowest BCUT2D eigenvalue weighted by Gasteiger charge is -2.13. The Morgan fingerprint density at radius 2 is 1.93 bits per heavy atom. The highest BCUT2D eigenvalue weighted by Crippen LogP contribution is 2.31. The second-order valence-corrected chi connectivity index (χ2v) is 2.64. The second kappa shape index (κ2) is 3.93. The number of aliphatic hydroxyl groups is 1. The van der Waals surface area contributed by atoms with Gasteiger partial charge in [-0.05, 0) is 12.1 Å². The number of hydrogen-bond acceptors (Lipinski definition) is 3. The number of ether oxygens (including phenoxy) is 1. The van der Waals surface area contributed by atoms with E-state index < -0.39 is 35.8 Å². The number of rotatable bonds is 2. The summed E-state index contributed by atoms with van der Waals surface area (Å²) >= 11 is 0. The molecule has 0 radical (unpaired) electrons. The zero-order chi connectivity index (χ0) is 11.6. The smallest absolute Gasteiger partial charge is 0.404 e. The van der Waals surface area contributed by atoms with Crippen molar-refractivity contribution in [3.8, 4) is 5.75 Å². The molecule has 0 spiro atoms. The van der Waals surface area contributed by atoms with E-state index in [0.717, 1.165) is 12.1 Å². The van der Waals surface area contributed by atoms with Gasteiger partial charge in [0.05, 0.1) is 12.3 Å². The summed E-state index contributed by atoms with van der Waals surface area (Å²) in [5.41, 5.74) is 4.20. The molecule has 0 aliphatic rings. The van der Waals surface area contributed by atoms with Gasteiger partial charge in [-0.2, -0.15) is 0 Å². The van der Waals surface area contributed by atoms with Crippen LogP contribution in [0.2, 0.25) is 0 Å². The van der Waals surface area contributed by atoms with E-state index >= 15 is 0 Å². The number of halogens is 4. The van der Waals surface area contributed by atoms with Crippen molar-refractivity contribution in [2.75, 3.05) is 5.73 Å². The lowest BCUT2D eigenvalue weighted by atomic mass is 10.1. The van der Waals surface area contributed by atoms with Crippen molar-refractivity contribution in [3.63, 3.8) is 0 Å². The van der Waals surface area contributed by atoms with E-state index in [1.54, 1.807) is 0 Å². The summed E-state index contributed by atoms with van der Waals surface area (Å²) in [6, 6.07) is 1.49. The molecular formula is C8H7F4NO2. The van der Waals surface area contributed by atoms with Crippen molar-refractivity contribution in [1.82, 2.24) is 0 Å². The highest BCUT2D eigenvalue weighted by Gasteiger charge is 2.32. The van der Waals surface area contributed by atoms with Gasteiger partial charge in [-0.15, -0.1) is 13.2 Å². The number of benzene rings is 1. The molecule has 0 fully saturated rings. The van der Waals surface area contributed by atoms with Crippen LogP contribution >= 0.6 is 0 Å². The third kappa shape index (κ3) is 2.72. The largest absolute Gasteiger partial charge is 0.573 e. The van der Waals surface area contributed by atoms with E-state index in [9.17, 15) is 17.6 Å². The van der Waals surface area contributed by atoms with Gasteiger partial charge < -0.3 is 15.6 Å². The Morgan fingerprint density at radius 3 is 2.40 bits per heavy atom. The summed E-state index contributed by atoms with van der Waals surface area (Å²) in [5.74, 6) is -1.61. The zero-order valence-electron chi connectivity index (χ0n) is 7.31. The van der Waals surface area contributed by atoms with E-state index in [4.69, 9.17) is 10.8 Å². The topological polar surface area (TPSA) is 55.5 Å². The number of hydrogen-bond donors (Lipinski definition) is 2. The van der Waals surface area contributed by atoms with Gasteiger partial charge in [0, 0.05) is 5.56 Å². The van der Waals surface area contributed by atoms with Gasteiger partial charge in [0.2, 0.25) is 0 Å². The standard InChI is InChI=1S/C8H7F4NO2/c9-5-1-2-6(15-8(10,11)12)7(13)4(5)3-14/h1-2,14H,3,13H2. The zero-order valence-corrected chi connectivity index (χ0v) is 7.31. The van der Waals surface area contributed by atoms with Gasteiger partial charge in [-0.1, -0.05) is 0 Å². The van der Waals surface area contributed by atoms with E-state index in [2.05, 4.69) is 4.74 Å². The Hall–Kier alpha value is -1.50. The van der Waals surface area contributed by atoms with E-state index in [1.165, 1.54) is 0 Å². The van der Waals surface area contributed by atoms with Gasteiger partial charge in [0.15, 0.2) is 5.75 Å². The van der Waals surface area contributed by atoms with Crippen LogP contribution < -0.4 is 10.5 Å². The molecular weight excluding hydrogens is 218 g/mol. The normalized spacial score (nSPS) is 11.5. The molecule has 0 aliphatic carbocycles. The molecule has 0 aliphatic heterocycles. The Labute approximate surface area is 82.1 Å². The van der Waals surface area contributed by atoms with Crippen LogP contribution in [0, 0.1) is 5.82 Å². The molecule has 7 heteroatoms. The molecule has 84 valence electrons. The summed E-state index contributed by atoms with van der Waals surface area (Å²) < 4.78 is 51.9. The van der Waals surface area contributed by atoms with Gasteiger partial charge in [-0.25, -0.2) is 4.39 Å². The lowest BCUT2D eigenvalue weighted by Crippen LogP contribution is -2.18. The average molecular weight is 225 g/mol. The number of alkyl halides is 3. The van der Waals surface area contributed by atoms with Crippen molar-refractivity contribution >= 4 is 5.69 Å². The van der Waals surface area contributed by atoms with E-state index in [-0.39, 0.29) is 0 Å². The quantitative estimate of drug-likeness (QED) is 0.596. The van der Waals surface area contributed by atoms with Crippen molar-refractivity contribution in [2.45, 2.75) is 13.0 Å². The van der Waals surface area contributed by atoms with Gasteiger partial charge >= 0.3 is 6.36 Å². The molecule has 15 heavy (non-hydrogen) atoms. The van der Waals surface area contributed by atoms with Crippen LogP contribution in [0.15, 0.2) is 12.1 Å². The van der Waals surface area contributed by atoms with Crippen LogP contribution in [0.25, 0.3) is 0 Å². The molecule has 1 aromatic carbocycles. The maximum absolute atomic E-state index is 12.9. The molecule has 1 aromatic rings. The van der Waals surface area contributed by atoms with E-state index in [0.29, 0.717) is 0 Å². The molecule has 0 saturated heterocycles. The Bertz CT molecular complexity index is 364. The predicted molar refractivity (Wildman–Crippen MR) is 43.4 cm³/mol. The minimum atomic E-state index is -4.90. The first-order chi connectivity index (χ1) is 6.85. The highest BCUT2D eigenvalue weighted by molar-refractivity contribution is 5.58. The number of nitrogen functional groups attached to an aromatic ring is 1. The van der Waals surface area contributed by atoms with E-state index in [1.807, 2.05) is 0 Å². The van der Waals surface area contributed by atoms with Gasteiger partial charge in [0.25, 0.3) is 0 Å². The molecule has 0 atom stereocenters. The number of aliphatic hydroxyl groups excluding tert-OH is 1. The van der Waals surface area contributed by atoms with Crippen molar-refractivity contribution in [3.05, 3.63) is 23.5 Å². The molecule has 0 heterocycles. The summed E-state index contributed by atoms with van der Waals surface area (Å²) in [6.45, 7) is -0.799. The SMILES string of the molecule is Nc1c(OC(F)(F)F)ccc(F)c1CO. The van der Waals surface area contributed by atoms with Crippen LogP contribution in [0.1, 0.15) is 5.56 Å². The lowest BCUT2D eigenvalue weighted by molar-refractivity contribution is -0.274.